The number of carboxylic acids is 1. The molecule has 0 unspecified atom stereocenters. The summed E-state index contributed by atoms with van der Waals surface area (Å²) in [6.45, 7) is 1.58. The lowest BCUT2D eigenvalue weighted by molar-refractivity contribution is -0.136. The fourth-order valence-corrected chi connectivity index (χ4v) is 4.35. The molecule has 0 spiro atoms. The first-order chi connectivity index (χ1) is 12.6. The second-order valence-electron chi connectivity index (χ2n) is 7.44. The van der Waals surface area contributed by atoms with E-state index in [-0.39, 0.29) is 30.7 Å². The minimum atomic E-state index is -0.827. The molecule has 0 aromatic heterocycles. The minimum Gasteiger partial charge on any atom is -0.480 e. The molecule has 1 heterocycles. The Bertz CT molecular complexity index is 613. The van der Waals surface area contributed by atoms with Crippen molar-refractivity contribution in [2.24, 2.45) is 5.92 Å². The van der Waals surface area contributed by atoms with E-state index in [4.69, 9.17) is 9.84 Å². The van der Waals surface area contributed by atoms with Crippen LogP contribution in [0.4, 0.5) is 4.79 Å². The zero-order valence-electron chi connectivity index (χ0n) is 15.2. The van der Waals surface area contributed by atoms with E-state index in [1.165, 1.54) is 6.42 Å². The molecule has 2 N–H and O–H groups in total. The molecule has 6 nitrogen and oxygen atoms in total. The van der Waals surface area contributed by atoms with Crippen LogP contribution in [0.3, 0.4) is 0 Å². The van der Waals surface area contributed by atoms with Crippen molar-refractivity contribution in [1.82, 2.24) is 10.2 Å². The number of hydrogen-bond acceptors (Lipinski definition) is 4. The molecule has 1 atom stereocenters. The van der Waals surface area contributed by atoms with E-state index in [0.717, 1.165) is 37.7 Å². The van der Waals surface area contributed by atoms with Crippen molar-refractivity contribution in [2.75, 3.05) is 19.6 Å². The number of ether oxygens (including phenoxy) is 1. The van der Waals surface area contributed by atoms with Gasteiger partial charge in [0.05, 0.1) is 6.54 Å². The lowest BCUT2D eigenvalue weighted by Crippen LogP contribution is -2.55. The summed E-state index contributed by atoms with van der Waals surface area (Å²) in [4.78, 5) is 25.2. The van der Waals surface area contributed by atoms with Gasteiger partial charge in [-0.15, -0.1) is 0 Å². The highest BCUT2D eigenvalue weighted by Crippen LogP contribution is 2.39. The van der Waals surface area contributed by atoms with Crippen molar-refractivity contribution in [3.05, 3.63) is 35.9 Å². The van der Waals surface area contributed by atoms with E-state index in [2.05, 4.69) is 5.32 Å². The fourth-order valence-electron chi connectivity index (χ4n) is 4.35. The van der Waals surface area contributed by atoms with Crippen LogP contribution in [0, 0.1) is 5.92 Å². The molecule has 1 aromatic rings. The summed E-state index contributed by atoms with van der Waals surface area (Å²) in [5, 5.41) is 12.4. The van der Waals surface area contributed by atoms with E-state index in [0.29, 0.717) is 13.1 Å². The Kier molecular flexibility index (Phi) is 6.14. The minimum absolute atomic E-state index is 0.0189. The zero-order valence-corrected chi connectivity index (χ0v) is 15.2. The molecule has 1 amide bonds. The SMILES string of the molecule is O=C(O)CNC1([C@H]2CCN(C(=O)OCc3ccccc3)C2)CCCCC1. The van der Waals surface area contributed by atoms with Crippen LogP contribution in [0.2, 0.25) is 0 Å². The number of hydrogen-bond donors (Lipinski definition) is 2. The molecule has 3 rings (SSSR count). The molecule has 2 fully saturated rings. The van der Waals surface area contributed by atoms with Gasteiger partial charge in [-0.3, -0.25) is 4.79 Å². The maximum Gasteiger partial charge on any atom is 0.410 e. The topological polar surface area (TPSA) is 78.9 Å². The highest BCUT2D eigenvalue weighted by atomic mass is 16.6. The second-order valence-corrected chi connectivity index (χ2v) is 7.44. The maximum atomic E-state index is 12.4. The molecule has 6 heteroatoms. The predicted octanol–water partition coefficient (Wildman–Crippen LogP) is 3.02. The Morgan fingerprint density at radius 3 is 2.62 bits per heavy atom. The van der Waals surface area contributed by atoms with Gasteiger partial charge < -0.3 is 20.1 Å². The lowest BCUT2D eigenvalue weighted by Gasteiger charge is -2.43. The molecule has 142 valence electrons. The third kappa shape index (κ3) is 4.55. The number of likely N-dealkylation sites (tertiary alicyclic amines) is 1. The Hall–Kier alpha value is -2.08. The number of carbonyl (C=O) groups is 2. The van der Waals surface area contributed by atoms with Gasteiger partial charge in [0.2, 0.25) is 0 Å². The van der Waals surface area contributed by atoms with Crippen LogP contribution >= 0.6 is 0 Å². The van der Waals surface area contributed by atoms with Crippen LogP contribution in [-0.2, 0) is 16.1 Å². The fraction of sp³-hybridized carbons (Fsp3) is 0.600. The van der Waals surface area contributed by atoms with Crippen molar-refractivity contribution < 1.29 is 19.4 Å². The van der Waals surface area contributed by atoms with Crippen molar-refractivity contribution in [3.63, 3.8) is 0 Å². The number of carboxylic acid groups (broad SMARTS) is 1. The van der Waals surface area contributed by atoms with Gasteiger partial charge in [-0.25, -0.2) is 4.79 Å². The van der Waals surface area contributed by atoms with Gasteiger partial charge in [0.25, 0.3) is 0 Å². The summed E-state index contributed by atoms with van der Waals surface area (Å²) in [6.07, 6.45) is 6.01. The molecule has 26 heavy (non-hydrogen) atoms. The highest BCUT2D eigenvalue weighted by molar-refractivity contribution is 5.69. The van der Waals surface area contributed by atoms with Crippen LogP contribution in [0.15, 0.2) is 30.3 Å². The van der Waals surface area contributed by atoms with Gasteiger partial charge in [-0.2, -0.15) is 0 Å². The summed E-state index contributed by atoms with van der Waals surface area (Å²) in [6, 6.07) is 9.66. The first kappa shape index (κ1) is 18.7. The predicted molar refractivity (Wildman–Crippen MR) is 97.8 cm³/mol. The van der Waals surface area contributed by atoms with Crippen molar-refractivity contribution in [1.29, 1.82) is 0 Å². The second kappa shape index (κ2) is 8.54. The number of rotatable bonds is 6. The molecule has 0 bridgehead atoms. The molecule has 1 aliphatic carbocycles. The van der Waals surface area contributed by atoms with Crippen molar-refractivity contribution in [2.45, 2.75) is 50.7 Å². The summed E-state index contributed by atoms with van der Waals surface area (Å²) in [7, 11) is 0. The van der Waals surface area contributed by atoms with Crippen molar-refractivity contribution in [3.8, 4) is 0 Å². The lowest BCUT2D eigenvalue weighted by atomic mass is 9.72. The van der Waals surface area contributed by atoms with E-state index >= 15 is 0 Å². The average Bonchev–Trinajstić information content (AvgIpc) is 3.17. The molecule has 2 aliphatic rings. The van der Waals surface area contributed by atoms with Crippen LogP contribution in [0.1, 0.15) is 44.1 Å². The van der Waals surface area contributed by atoms with E-state index in [1.54, 1.807) is 4.90 Å². The highest BCUT2D eigenvalue weighted by Gasteiger charge is 2.44. The summed E-state index contributed by atoms with van der Waals surface area (Å²) >= 11 is 0. The molecular weight excluding hydrogens is 332 g/mol. The van der Waals surface area contributed by atoms with Crippen molar-refractivity contribution >= 4 is 12.1 Å². The van der Waals surface area contributed by atoms with E-state index < -0.39 is 5.97 Å². The van der Waals surface area contributed by atoms with Crippen LogP contribution in [0.25, 0.3) is 0 Å². The normalized spacial score (nSPS) is 22.2. The first-order valence-electron chi connectivity index (χ1n) is 9.51. The molecular formula is C20H28N2O4. The quantitative estimate of drug-likeness (QED) is 0.815. The van der Waals surface area contributed by atoms with Gasteiger partial charge in [-0.05, 0) is 30.7 Å². The average molecular weight is 360 g/mol. The number of carbonyl (C=O) groups excluding carboxylic acids is 1. The van der Waals surface area contributed by atoms with Crippen LogP contribution < -0.4 is 5.32 Å². The molecule has 0 radical (unpaired) electrons. The monoisotopic (exact) mass is 360 g/mol. The summed E-state index contributed by atoms with van der Waals surface area (Å²) in [5.74, 6) is -0.543. The summed E-state index contributed by atoms with van der Waals surface area (Å²) in [5.41, 5.74) is 0.814. The standard InChI is InChI=1S/C20H28N2O4/c23-18(24)13-21-20(10-5-2-6-11-20)17-9-12-22(14-17)19(25)26-15-16-7-3-1-4-8-16/h1,3-4,7-8,17,21H,2,5-6,9-15H2,(H,23,24)/t17-/m0/s1. The summed E-state index contributed by atoms with van der Waals surface area (Å²) < 4.78 is 5.45. The van der Waals surface area contributed by atoms with Gasteiger partial charge in [0.1, 0.15) is 6.61 Å². The first-order valence-corrected chi connectivity index (χ1v) is 9.51. The molecule has 1 aromatic carbocycles. The van der Waals surface area contributed by atoms with Gasteiger partial charge >= 0.3 is 12.1 Å². The number of nitrogens with one attached hydrogen (secondary N) is 1. The number of aliphatic carboxylic acids is 1. The number of amides is 1. The van der Waals surface area contributed by atoms with Gasteiger partial charge in [0.15, 0.2) is 0 Å². The molecule has 1 aliphatic heterocycles. The third-order valence-corrected chi connectivity index (χ3v) is 5.77. The van der Waals surface area contributed by atoms with Gasteiger partial charge in [-0.1, -0.05) is 49.6 Å². The Morgan fingerprint density at radius 1 is 1.19 bits per heavy atom. The van der Waals surface area contributed by atoms with Crippen LogP contribution in [-0.4, -0.2) is 47.2 Å². The van der Waals surface area contributed by atoms with Gasteiger partial charge in [0, 0.05) is 18.6 Å². The number of nitrogens with zero attached hydrogens (tertiary/aromatic N) is 1. The van der Waals surface area contributed by atoms with E-state index in [9.17, 15) is 9.59 Å². The maximum absolute atomic E-state index is 12.4. The molecule has 1 saturated heterocycles. The third-order valence-electron chi connectivity index (χ3n) is 5.77. The Morgan fingerprint density at radius 2 is 1.92 bits per heavy atom. The number of benzene rings is 1. The molecule has 1 saturated carbocycles. The Balaban J connectivity index is 1.56. The smallest absolute Gasteiger partial charge is 0.410 e. The van der Waals surface area contributed by atoms with Crippen LogP contribution in [0.5, 0.6) is 0 Å². The van der Waals surface area contributed by atoms with E-state index in [1.807, 2.05) is 30.3 Å². The Labute approximate surface area is 154 Å². The zero-order chi connectivity index (χ0) is 18.4. The largest absolute Gasteiger partial charge is 0.480 e.